The molecule has 0 spiro atoms. The van der Waals surface area contributed by atoms with Gasteiger partial charge < -0.3 is 69.7 Å². The topological polar surface area (TPSA) is 358 Å². The largest absolute Gasteiger partial charge is 0.472 e. The van der Waals surface area contributed by atoms with Gasteiger partial charge in [0.1, 0.15) is 12.2 Å². The third kappa shape index (κ3) is 64.0. The van der Waals surface area contributed by atoms with Crippen LogP contribution in [-0.4, -0.2) is 176 Å². The molecule has 1 aliphatic rings. The minimum Gasteiger partial charge on any atom is -0.462 e. The molecule has 8 N–H and O–H groups in total. The summed E-state index contributed by atoms with van der Waals surface area (Å²) in [6, 6.07) is -1.97. The maximum atomic E-state index is 13.9. The molecule has 0 aromatic carbocycles. The average molecular weight is 1650 g/mol. The fraction of sp³-hybridized carbons (Fsp3) is 0.882. The van der Waals surface area contributed by atoms with Crippen molar-refractivity contribution in [3.63, 3.8) is 0 Å². The number of hydrogen-bond acceptors (Lipinski definition) is 20. The number of nitrogens with one attached hydrogen (secondary N) is 4. The number of hydrogen-bond donors (Lipinski definition) is 8. The number of esters is 2. The SMILES string of the molecule is CCCCCC/C=C/CCCC(=O)O[C@H](CCCCCCCCCCC)CC(=O)NC(COCC[C@H](O)CCCCCCC)COP(=O)(O)OCCNC(=O)[C@H]1OC(C)(C)O[C@H]1C(=O)NCCOP(=O)(O)OCC(COCC[C@H](O)CCCCCCC)NC(=O)C[C@@H](CCCCCCC)OC(=O)CCC/C=C/CCCCCC. The van der Waals surface area contributed by atoms with Gasteiger partial charge in [-0.2, -0.15) is 0 Å². The summed E-state index contributed by atoms with van der Waals surface area (Å²) < 4.78 is 83.2. The van der Waals surface area contributed by atoms with Gasteiger partial charge in [-0.05, 0) is 117 Å². The molecule has 26 nitrogen and oxygen atoms in total. The Balaban J connectivity index is 3.08. The number of carbonyl (C=O) groups excluding carboxylic acids is 6. The van der Waals surface area contributed by atoms with Crippen molar-refractivity contribution in [3.8, 4) is 0 Å². The molecule has 28 heteroatoms. The van der Waals surface area contributed by atoms with Crippen LogP contribution < -0.4 is 21.3 Å². The van der Waals surface area contributed by atoms with E-state index in [0.717, 1.165) is 167 Å². The molecule has 0 saturated carbocycles. The Bertz CT molecular complexity index is 2550. The van der Waals surface area contributed by atoms with E-state index in [4.69, 9.17) is 46.5 Å². The minimum atomic E-state index is -4.88. The molecule has 1 heterocycles. The van der Waals surface area contributed by atoms with Gasteiger partial charge in [-0.1, -0.05) is 246 Å². The summed E-state index contributed by atoms with van der Waals surface area (Å²) in [5.41, 5.74) is 0. The molecule has 0 aromatic rings. The van der Waals surface area contributed by atoms with Crippen molar-refractivity contribution in [1.29, 1.82) is 0 Å². The number of amides is 4. The molecule has 0 bridgehead atoms. The van der Waals surface area contributed by atoms with Gasteiger partial charge in [0, 0.05) is 39.1 Å². The number of unbranched alkanes of at least 4 members (excludes halogenated alkanes) is 30. The smallest absolute Gasteiger partial charge is 0.462 e. The molecule has 0 radical (unpaired) electrons. The van der Waals surface area contributed by atoms with E-state index in [9.17, 15) is 57.9 Å². The van der Waals surface area contributed by atoms with E-state index < -0.39 is 126 Å². The Morgan fingerprint density at radius 2 is 0.690 bits per heavy atom. The number of ether oxygens (including phenoxy) is 6. The Labute approximate surface area is 682 Å². The zero-order valence-corrected chi connectivity index (χ0v) is 73.3. The Hall–Kier alpha value is -3.72. The van der Waals surface area contributed by atoms with E-state index in [1.165, 1.54) is 78.1 Å². The summed E-state index contributed by atoms with van der Waals surface area (Å²) in [5, 5.41) is 32.0. The lowest BCUT2D eigenvalue weighted by molar-refractivity contribution is -0.159. The van der Waals surface area contributed by atoms with Crippen molar-refractivity contribution >= 4 is 51.2 Å². The number of carbonyl (C=O) groups is 6. The van der Waals surface area contributed by atoms with Crippen LogP contribution in [0.15, 0.2) is 24.3 Å². The maximum absolute atomic E-state index is 13.9. The second-order valence-electron chi connectivity index (χ2n) is 31.1. The van der Waals surface area contributed by atoms with E-state index in [1.54, 1.807) is 0 Å². The molecule has 662 valence electrons. The fourth-order valence-corrected chi connectivity index (χ4v) is 14.5. The number of phosphoric ester groups is 2. The fourth-order valence-electron chi connectivity index (χ4n) is 13.0. The molecule has 113 heavy (non-hydrogen) atoms. The van der Waals surface area contributed by atoms with Crippen molar-refractivity contribution in [3.05, 3.63) is 24.3 Å². The lowest BCUT2D eigenvalue weighted by Gasteiger charge is -2.23. The van der Waals surface area contributed by atoms with E-state index in [2.05, 4.69) is 87.1 Å². The van der Waals surface area contributed by atoms with Crippen molar-refractivity contribution in [1.82, 2.24) is 21.3 Å². The summed E-state index contributed by atoms with van der Waals surface area (Å²) in [5.74, 6) is -4.90. The highest BCUT2D eigenvalue weighted by Gasteiger charge is 2.49. The quantitative estimate of drug-likeness (QED) is 0.0121. The van der Waals surface area contributed by atoms with Gasteiger partial charge in [0.25, 0.3) is 11.8 Å². The van der Waals surface area contributed by atoms with Crippen LogP contribution in [0.25, 0.3) is 0 Å². The first kappa shape index (κ1) is 107. The highest BCUT2D eigenvalue weighted by atomic mass is 31.2. The normalized spacial score (nSPS) is 17.0. The lowest BCUT2D eigenvalue weighted by atomic mass is 10.0. The zero-order chi connectivity index (χ0) is 83.3. The van der Waals surface area contributed by atoms with Gasteiger partial charge in [0.2, 0.25) is 11.8 Å². The average Bonchev–Trinajstić information content (AvgIpc) is 1.66. The van der Waals surface area contributed by atoms with E-state index in [1.807, 2.05) is 0 Å². The monoisotopic (exact) mass is 1650 g/mol. The molecule has 1 rings (SSSR count). The summed E-state index contributed by atoms with van der Waals surface area (Å²) >= 11 is 0. The van der Waals surface area contributed by atoms with Crippen molar-refractivity contribution in [2.24, 2.45) is 0 Å². The minimum absolute atomic E-state index is 0.132. The third-order valence-electron chi connectivity index (χ3n) is 19.6. The number of phosphoric acid groups is 2. The van der Waals surface area contributed by atoms with Gasteiger partial charge in [-0.15, -0.1) is 0 Å². The summed E-state index contributed by atoms with van der Waals surface area (Å²) in [7, 11) is -9.75. The second kappa shape index (κ2) is 71.2. The maximum Gasteiger partial charge on any atom is 0.472 e. The second-order valence-corrected chi connectivity index (χ2v) is 34.0. The number of allylic oxidation sites excluding steroid dienone is 4. The molecule has 0 aromatic heterocycles. The van der Waals surface area contributed by atoms with Gasteiger partial charge in [-0.3, -0.25) is 46.9 Å². The molecule has 1 fully saturated rings. The van der Waals surface area contributed by atoms with E-state index >= 15 is 0 Å². The van der Waals surface area contributed by atoms with Gasteiger partial charge in [-0.25, -0.2) is 9.13 Å². The molecule has 4 amide bonds. The van der Waals surface area contributed by atoms with Crippen LogP contribution >= 0.6 is 15.6 Å². The first-order chi connectivity index (χ1) is 54.4. The zero-order valence-electron chi connectivity index (χ0n) is 71.5. The molecule has 10 atom stereocenters. The number of rotatable bonds is 80. The Morgan fingerprint density at radius 1 is 0.389 bits per heavy atom. The van der Waals surface area contributed by atoms with Gasteiger partial charge in [0.15, 0.2) is 18.0 Å². The van der Waals surface area contributed by atoms with Crippen molar-refractivity contribution < 1.29 is 104 Å². The van der Waals surface area contributed by atoms with E-state index in [-0.39, 0.29) is 71.2 Å². The summed E-state index contributed by atoms with van der Waals surface area (Å²) in [4.78, 5) is 103. The molecular weight excluding hydrogens is 1490 g/mol. The Morgan fingerprint density at radius 3 is 1.03 bits per heavy atom. The Kier molecular flexibility index (Phi) is 67.6. The predicted octanol–water partition coefficient (Wildman–Crippen LogP) is 17.5. The van der Waals surface area contributed by atoms with Gasteiger partial charge in [0.05, 0.1) is 76.8 Å². The van der Waals surface area contributed by atoms with Crippen LogP contribution in [0.1, 0.15) is 364 Å². The van der Waals surface area contributed by atoms with Crippen molar-refractivity contribution in [2.45, 2.75) is 418 Å². The third-order valence-corrected chi connectivity index (χ3v) is 21.6. The van der Waals surface area contributed by atoms with E-state index in [0.29, 0.717) is 51.4 Å². The number of aliphatic hydroxyl groups is 2. The van der Waals surface area contributed by atoms with Gasteiger partial charge >= 0.3 is 27.6 Å². The van der Waals surface area contributed by atoms with Crippen LogP contribution in [0, 0.1) is 0 Å². The number of aliphatic hydroxyl groups excluding tert-OH is 2. The van der Waals surface area contributed by atoms with Crippen LogP contribution in [-0.2, 0) is 84.4 Å². The molecular formula is C85H160N4O22P2. The van der Waals surface area contributed by atoms with Crippen LogP contribution in [0.2, 0.25) is 0 Å². The first-order valence-electron chi connectivity index (χ1n) is 44.4. The molecule has 4 unspecified atom stereocenters. The van der Waals surface area contributed by atoms with Crippen LogP contribution in [0.3, 0.4) is 0 Å². The summed E-state index contributed by atoms with van der Waals surface area (Å²) in [6.45, 7) is 12.9. The standard InChI is InChI=1S/C85H160N4O22P2/c1-9-15-21-27-30-33-36-42-48-54-76(109-80(95)56-50-44-38-35-32-29-23-17-11-3)66-78(93)89-72(68-103-62-58-74(91)52-46-40-25-19-13-5)70-107-113(100,101)105-64-60-87-84(97)82-81(110-85(7,8)111-82)83(96)86-59-63-104-112(98,99)106-69-71(67-102-61-57-73(90)51-45-39-24-18-12-4)88-77(92)65-75(53-47-41-26-20-14-6)108-79(94)55-49-43-37-34-31-28-22-16-10-2/h34-35,37-38,71-76,81-82,90-91H,9-33,36,39-70H2,1-8H3,(H,86,96)(H,87,97)(H,88,92)(H,89,93)(H,98,99)(H,100,101)/b37-34+,38-35+/t71?,72?,73-,74-,75-,76-,81-,82+/m1/s1. The molecule has 0 aliphatic carbocycles. The van der Waals surface area contributed by atoms with Crippen LogP contribution in [0.5, 0.6) is 0 Å². The molecule has 1 aliphatic heterocycles. The highest BCUT2D eigenvalue weighted by Crippen LogP contribution is 2.44. The first-order valence-corrected chi connectivity index (χ1v) is 47.3. The lowest BCUT2D eigenvalue weighted by Crippen LogP contribution is -2.48. The summed E-state index contributed by atoms with van der Waals surface area (Å²) in [6.07, 6.45) is 45.0. The van der Waals surface area contributed by atoms with Crippen LogP contribution in [0.4, 0.5) is 0 Å². The predicted molar refractivity (Wildman–Crippen MR) is 445 cm³/mol. The van der Waals surface area contributed by atoms with Crippen molar-refractivity contribution in [2.75, 3.05) is 65.9 Å². The highest BCUT2D eigenvalue weighted by molar-refractivity contribution is 7.47. The molecule has 1 saturated heterocycles.